The maximum Gasteiger partial charge on any atom is 0.303 e. The molecule has 14 nitrogen and oxygen atoms in total. The fourth-order valence-corrected chi connectivity index (χ4v) is 6.61. The van der Waals surface area contributed by atoms with Crippen LogP contribution in [0.5, 0.6) is 0 Å². The van der Waals surface area contributed by atoms with Crippen molar-refractivity contribution in [3.8, 4) is 0 Å². The number of hydrogen-bond acceptors (Lipinski definition) is 9. The molecule has 1 aliphatic heterocycles. The lowest BCUT2D eigenvalue weighted by atomic mass is 9.78. The van der Waals surface area contributed by atoms with E-state index in [9.17, 15) is 29.4 Å². The fourth-order valence-electron chi connectivity index (χ4n) is 5.33. The summed E-state index contributed by atoms with van der Waals surface area (Å²) in [5.41, 5.74) is 18.5. The van der Waals surface area contributed by atoms with E-state index < -0.39 is 58.7 Å². The van der Waals surface area contributed by atoms with Gasteiger partial charge in [0.2, 0.25) is 10.0 Å². The van der Waals surface area contributed by atoms with Crippen molar-refractivity contribution in [2.75, 3.05) is 0 Å². The second kappa shape index (κ2) is 13.0. The molecule has 2 fully saturated rings. The molecular formula is C24H35N7O7S. The van der Waals surface area contributed by atoms with E-state index in [4.69, 9.17) is 14.2 Å². The van der Waals surface area contributed by atoms with Gasteiger partial charge in [0.05, 0.1) is 35.2 Å². The molecule has 214 valence electrons. The Bertz CT molecular complexity index is 1200. The number of rotatable bonds is 9. The Kier molecular flexibility index (Phi) is 10.2. The summed E-state index contributed by atoms with van der Waals surface area (Å²) in [5, 5.41) is 19.0. The van der Waals surface area contributed by atoms with E-state index in [2.05, 4.69) is 24.8 Å². The summed E-state index contributed by atoms with van der Waals surface area (Å²) in [7, 11) is -4.09. The summed E-state index contributed by atoms with van der Waals surface area (Å²) in [6.07, 6.45) is -5.79. The van der Waals surface area contributed by atoms with Crippen LogP contribution in [0.15, 0.2) is 45.5 Å². The second-order valence-corrected chi connectivity index (χ2v) is 12.1. The maximum atomic E-state index is 13.0. The SMILES string of the molecule is CC(=O)OC1[C@@H](O)[C@H](O[C@H]2OC(C(C)C)[C@@H](C)[C@H](C)C2N=[N+]=[N-])C(N=[N+]=[N-])C[C@H]1NS(=O)(=O)c1ccccc1. The maximum absolute atomic E-state index is 13.0. The van der Waals surface area contributed by atoms with Gasteiger partial charge >= 0.3 is 5.97 Å². The predicted molar refractivity (Wildman–Crippen MR) is 139 cm³/mol. The van der Waals surface area contributed by atoms with E-state index in [-0.39, 0.29) is 35.2 Å². The third kappa shape index (κ3) is 7.00. The molecule has 15 heteroatoms. The van der Waals surface area contributed by atoms with Crippen molar-refractivity contribution in [1.29, 1.82) is 0 Å². The van der Waals surface area contributed by atoms with Crippen molar-refractivity contribution in [3.63, 3.8) is 0 Å². The molecule has 39 heavy (non-hydrogen) atoms. The minimum absolute atomic E-state index is 0.0233. The molecule has 3 rings (SSSR count). The number of azide groups is 2. The van der Waals surface area contributed by atoms with Crippen LogP contribution in [0.1, 0.15) is 41.0 Å². The van der Waals surface area contributed by atoms with E-state index in [1.807, 2.05) is 27.7 Å². The number of benzene rings is 1. The lowest BCUT2D eigenvalue weighted by Crippen LogP contribution is -2.64. The zero-order chi connectivity index (χ0) is 28.9. The monoisotopic (exact) mass is 565 g/mol. The molecule has 2 N–H and O–H groups in total. The van der Waals surface area contributed by atoms with E-state index >= 15 is 0 Å². The summed E-state index contributed by atoms with van der Waals surface area (Å²) in [6.45, 7) is 9.00. The molecule has 0 spiro atoms. The van der Waals surface area contributed by atoms with Crippen molar-refractivity contribution in [1.82, 2.24) is 4.72 Å². The minimum atomic E-state index is -4.09. The van der Waals surface area contributed by atoms with Gasteiger partial charge in [0, 0.05) is 16.7 Å². The normalized spacial score (nSPS) is 34.9. The summed E-state index contributed by atoms with van der Waals surface area (Å²) in [6, 6.07) is 4.56. The molecule has 1 saturated carbocycles. The van der Waals surface area contributed by atoms with Gasteiger partial charge in [0.15, 0.2) is 6.29 Å². The molecular weight excluding hydrogens is 530 g/mol. The number of nitrogens with zero attached hydrogens (tertiary/aromatic N) is 6. The minimum Gasteiger partial charge on any atom is -0.458 e. The highest BCUT2D eigenvalue weighted by atomic mass is 32.2. The van der Waals surface area contributed by atoms with Gasteiger partial charge in [-0.15, -0.1) is 0 Å². The van der Waals surface area contributed by atoms with E-state index in [1.54, 1.807) is 18.2 Å². The first-order valence-corrected chi connectivity index (χ1v) is 14.2. The highest BCUT2D eigenvalue weighted by Crippen LogP contribution is 2.39. The standard InChI is InChI=1S/C24H35N7O7S/c1-12(2)21-14(4)13(3)19(28-31-26)24(37-21)38-22-17(27-30-25)11-18(23(20(22)33)36-15(5)32)29-39(34,35)16-9-7-6-8-10-16/h6-10,12-14,17-24,29,33H,11H2,1-5H3/t13-,14-,17?,18+,19?,20-,21?,22+,23?,24+/m0/s1. The smallest absolute Gasteiger partial charge is 0.303 e. The van der Waals surface area contributed by atoms with Crippen LogP contribution in [0, 0.1) is 17.8 Å². The number of sulfonamides is 1. The Morgan fingerprint density at radius 3 is 2.33 bits per heavy atom. The zero-order valence-electron chi connectivity index (χ0n) is 22.4. The predicted octanol–water partition coefficient (Wildman–Crippen LogP) is 3.43. The van der Waals surface area contributed by atoms with Gasteiger partial charge in [-0.1, -0.05) is 56.1 Å². The third-order valence-electron chi connectivity index (χ3n) is 7.40. The van der Waals surface area contributed by atoms with Crippen LogP contribution in [0.3, 0.4) is 0 Å². The van der Waals surface area contributed by atoms with Gasteiger partial charge in [0.25, 0.3) is 0 Å². The lowest BCUT2D eigenvalue weighted by Gasteiger charge is -2.48. The molecule has 0 bridgehead atoms. The summed E-state index contributed by atoms with van der Waals surface area (Å²) >= 11 is 0. The van der Waals surface area contributed by atoms with Crippen LogP contribution in [-0.4, -0.2) is 68.3 Å². The van der Waals surface area contributed by atoms with Crippen LogP contribution in [0.4, 0.5) is 0 Å². The number of hydrogen-bond donors (Lipinski definition) is 2. The zero-order valence-corrected chi connectivity index (χ0v) is 23.2. The summed E-state index contributed by atoms with van der Waals surface area (Å²) in [4.78, 5) is 17.7. The van der Waals surface area contributed by atoms with Crippen LogP contribution in [0.25, 0.3) is 20.9 Å². The second-order valence-electron chi connectivity index (χ2n) is 10.3. The van der Waals surface area contributed by atoms with Crippen molar-refractivity contribution >= 4 is 16.0 Å². The molecule has 10 atom stereocenters. The highest BCUT2D eigenvalue weighted by molar-refractivity contribution is 7.89. The first kappa shape index (κ1) is 30.6. The Labute approximate surface area is 227 Å². The van der Waals surface area contributed by atoms with Crippen LogP contribution in [-0.2, 0) is 29.0 Å². The van der Waals surface area contributed by atoms with Crippen molar-refractivity contribution in [2.24, 2.45) is 28.0 Å². The number of nitrogens with one attached hydrogen (secondary N) is 1. The lowest BCUT2D eigenvalue weighted by molar-refractivity contribution is -0.278. The van der Waals surface area contributed by atoms with Gasteiger partial charge in [-0.3, -0.25) is 4.79 Å². The molecule has 0 radical (unpaired) electrons. The molecule has 1 aliphatic carbocycles. The highest BCUT2D eigenvalue weighted by Gasteiger charge is 2.51. The molecule has 1 aromatic carbocycles. The van der Waals surface area contributed by atoms with E-state index in [0.717, 1.165) is 6.92 Å². The number of aliphatic hydroxyl groups excluding tert-OH is 1. The molecule has 2 aliphatic rings. The molecule has 4 unspecified atom stereocenters. The fraction of sp³-hybridized carbons (Fsp3) is 0.708. The van der Waals surface area contributed by atoms with Crippen LogP contribution in [0.2, 0.25) is 0 Å². The summed E-state index contributed by atoms with van der Waals surface area (Å²) < 4.78 is 46.3. The van der Waals surface area contributed by atoms with Gasteiger partial charge in [-0.25, -0.2) is 13.1 Å². The van der Waals surface area contributed by atoms with E-state index in [1.165, 1.54) is 12.1 Å². The number of carbonyl (C=O) groups excluding carboxylic acids is 1. The van der Waals surface area contributed by atoms with Crippen molar-refractivity contribution in [2.45, 2.75) is 94.8 Å². The van der Waals surface area contributed by atoms with Gasteiger partial charge in [-0.05, 0) is 47.4 Å². The Hall–Kier alpha value is -2.90. The van der Waals surface area contributed by atoms with Gasteiger partial charge in [-0.2, -0.15) is 0 Å². The molecule has 1 saturated heterocycles. The molecule has 1 heterocycles. The average Bonchev–Trinajstić information content (AvgIpc) is 2.88. The van der Waals surface area contributed by atoms with E-state index in [0.29, 0.717) is 0 Å². The Morgan fingerprint density at radius 1 is 1.13 bits per heavy atom. The molecule has 0 amide bonds. The number of aliphatic hydroxyl groups is 1. The van der Waals surface area contributed by atoms with Gasteiger partial charge < -0.3 is 19.3 Å². The van der Waals surface area contributed by atoms with Crippen molar-refractivity contribution in [3.05, 3.63) is 51.2 Å². The number of ether oxygens (including phenoxy) is 3. The number of esters is 1. The summed E-state index contributed by atoms with van der Waals surface area (Å²) in [5.74, 6) is -0.794. The molecule has 0 aromatic heterocycles. The first-order chi connectivity index (χ1) is 18.4. The Morgan fingerprint density at radius 2 is 1.77 bits per heavy atom. The third-order valence-corrected chi connectivity index (χ3v) is 8.90. The van der Waals surface area contributed by atoms with Gasteiger partial charge in [0.1, 0.15) is 12.2 Å². The topological polar surface area (TPSA) is 209 Å². The number of carbonyl (C=O) groups is 1. The van der Waals surface area contributed by atoms with Crippen LogP contribution < -0.4 is 4.72 Å². The first-order valence-electron chi connectivity index (χ1n) is 12.7. The van der Waals surface area contributed by atoms with Crippen molar-refractivity contribution < 1.29 is 32.5 Å². The van der Waals surface area contributed by atoms with Crippen LogP contribution >= 0.6 is 0 Å². The molecule has 1 aromatic rings. The largest absolute Gasteiger partial charge is 0.458 e. The average molecular weight is 566 g/mol. The Balaban J connectivity index is 1.96. The quantitative estimate of drug-likeness (QED) is 0.197.